The lowest BCUT2D eigenvalue weighted by atomic mass is 9.73. The molecule has 1 aliphatic heterocycles. The van der Waals surface area contributed by atoms with Crippen LogP contribution in [0.5, 0.6) is 0 Å². The Balaban J connectivity index is 0.928. The normalized spacial score (nSPS) is 18.7. The molecule has 2 aliphatic carbocycles. The van der Waals surface area contributed by atoms with E-state index in [0.29, 0.717) is 22.6 Å². The number of carbonyl (C=O) groups excluding carboxylic acids is 1. The Bertz CT molecular complexity index is 2020. The second-order valence-electron chi connectivity index (χ2n) is 13.6. The van der Waals surface area contributed by atoms with Crippen LogP contribution in [0.15, 0.2) is 71.0 Å². The molecule has 252 valence electrons. The van der Waals surface area contributed by atoms with Crippen LogP contribution in [0.4, 0.5) is 17.6 Å². The highest BCUT2D eigenvalue weighted by atomic mass is 35.5. The molecule has 1 atom stereocenters. The summed E-state index contributed by atoms with van der Waals surface area (Å²) in [5.74, 6) is 1.75. The van der Waals surface area contributed by atoms with Crippen LogP contribution in [0.1, 0.15) is 72.2 Å². The number of carbonyl (C=O) groups is 1. The minimum atomic E-state index is -0.0409. The number of hydrogen-bond acceptors (Lipinski definition) is 10. The quantitative estimate of drug-likeness (QED) is 0.175. The Morgan fingerprint density at radius 2 is 1.82 bits per heavy atom. The molecule has 1 aromatic carbocycles. The van der Waals surface area contributed by atoms with Crippen molar-refractivity contribution in [2.45, 2.75) is 67.0 Å². The van der Waals surface area contributed by atoms with E-state index in [4.69, 9.17) is 32.3 Å². The molecule has 4 aromatic heterocycles. The lowest BCUT2D eigenvalue weighted by Crippen LogP contribution is -2.44. The molecular formula is C36H39ClN10OS. The summed E-state index contributed by atoms with van der Waals surface area (Å²) < 4.78 is 2.09. The first kappa shape index (κ1) is 32.0. The number of benzene rings is 1. The fraction of sp³-hybridized carbons (Fsp3) is 0.389. The number of nitrogens with two attached hydrogens (primary N) is 1. The zero-order valence-corrected chi connectivity index (χ0v) is 29.2. The third kappa shape index (κ3) is 6.00. The summed E-state index contributed by atoms with van der Waals surface area (Å²) in [4.78, 5) is 41.1. The number of amides is 1. The largest absolute Gasteiger partial charge is 0.355 e. The molecular weight excluding hydrogens is 656 g/mol. The van der Waals surface area contributed by atoms with E-state index in [-0.39, 0.29) is 23.4 Å². The summed E-state index contributed by atoms with van der Waals surface area (Å²) in [5.41, 5.74) is 11.0. The molecule has 3 aliphatic rings. The van der Waals surface area contributed by atoms with Crippen LogP contribution in [0.25, 0.3) is 11.0 Å². The summed E-state index contributed by atoms with van der Waals surface area (Å²) >= 11 is 8.07. The van der Waals surface area contributed by atoms with E-state index in [9.17, 15) is 4.79 Å². The molecule has 49 heavy (non-hydrogen) atoms. The predicted molar refractivity (Wildman–Crippen MR) is 193 cm³/mol. The highest BCUT2D eigenvalue weighted by molar-refractivity contribution is 7.99. The van der Waals surface area contributed by atoms with Gasteiger partial charge in [-0.3, -0.25) is 4.79 Å². The van der Waals surface area contributed by atoms with E-state index >= 15 is 0 Å². The zero-order valence-electron chi connectivity index (χ0n) is 27.6. The third-order valence-electron chi connectivity index (χ3n) is 10.5. The van der Waals surface area contributed by atoms with Gasteiger partial charge in [0.1, 0.15) is 33.2 Å². The van der Waals surface area contributed by atoms with Gasteiger partial charge in [-0.2, -0.15) is 4.98 Å². The maximum Gasteiger partial charge on any atom is 0.270 e. The topological polar surface area (TPSA) is 131 Å². The number of anilines is 3. The Morgan fingerprint density at radius 1 is 1.02 bits per heavy atom. The van der Waals surface area contributed by atoms with E-state index in [1.807, 2.05) is 24.4 Å². The lowest BCUT2D eigenvalue weighted by Gasteiger charge is -2.42. The van der Waals surface area contributed by atoms with Gasteiger partial charge in [0.2, 0.25) is 5.95 Å². The molecule has 5 heterocycles. The molecule has 8 rings (SSSR count). The number of nitrogens with one attached hydrogen (secondary N) is 1. The highest BCUT2D eigenvalue weighted by Gasteiger charge is 2.45. The van der Waals surface area contributed by atoms with Gasteiger partial charge in [0.15, 0.2) is 0 Å². The molecule has 0 bridgehead atoms. The van der Waals surface area contributed by atoms with Crippen molar-refractivity contribution in [3.8, 4) is 0 Å². The van der Waals surface area contributed by atoms with Gasteiger partial charge >= 0.3 is 0 Å². The third-order valence-corrected chi connectivity index (χ3v) is 11.8. The monoisotopic (exact) mass is 694 g/mol. The summed E-state index contributed by atoms with van der Waals surface area (Å²) in [6.07, 6.45) is 12.8. The van der Waals surface area contributed by atoms with Gasteiger partial charge in [-0.05, 0) is 66.8 Å². The van der Waals surface area contributed by atoms with Crippen molar-refractivity contribution in [1.82, 2.24) is 34.4 Å². The Labute approximate surface area is 294 Å². The van der Waals surface area contributed by atoms with Crippen LogP contribution in [0.3, 0.4) is 0 Å². The van der Waals surface area contributed by atoms with Gasteiger partial charge < -0.3 is 25.4 Å². The van der Waals surface area contributed by atoms with Crippen LogP contribution in [-0.2, 0) is 6.42 Å². The van der Waals surface area contributed by atoms with E-state index in [1.54, 1.807) is 31.4 Å². The summed E-state index contributed by atoms with van der Waals surface area (Å²) in [6, 6.07) is 14.6. The van der Waals surface area contributed by atoms with E-state index in [1.165, 1.54) is 22.9 Å². The average Bonchev–Trinajstić information content (AvgIpc) is 3.83. The van der Waals surface area contributed by atoms with Crippen molar-refractivity contribution in [2.75, 3.05) is 37.4 Å². The standard InChI is InChI=1S/C36H39ClN10OS/c1-45(2)34(48)26-17-23-19-41-35(44-33(23)47(26)24-8-4-5-9-24)43-28-12-11-27(32(37)42-28)49-30-21-39-29(20-40-30)46-15-13-36(14-16-46)18-22-7-3-6-10-25(22)31(36)38/h3,6-7,10-12,17,19-21,24,31H,4-5,8-9,13-16,18,38H2,1-2H3,(H,41,42,43,44)/t31-/m1/s1. The van der Waals surface area contributed by atoms with Crippen molar-refractivity contribution < 1.29 is 4.79 Å². The van der Waals surface area contributed by atoms with Crippen LogP contribution in [0.2, 0.25) is 5.15 Å². The number of halogens is 1. The van der Waals surface area contributed by atoms with E-state index in [2.05, 4.69) is 49.0 Å². The number of aromatic nitrogens is 6. The molecule has 1 saturated heterocycles. The molecule has 0 radical (unpaired) electrons. The molecule has 13 heteroatoms. The molecule has 1 amide bonds. The Hall–Kier alpha value is -4.26. The first-order valence-electron chi connectivity index (χ1n) is 16.9. The predicted octanol–water partition coefficient (Wildman–Crippen LogP) is 6.82. The minimum Gasteiger partial charge on any atom is -0.355 e. The molecule has 1 spiro atoms. The molecule has 2 fully saturated rings. The van der Waals surface area contributed by atoms with Gasteiger partial charge in [-0.25, -0.2) is 19.9 Å². The maximum absolute atomic E-state index is 13.0. The number of rotatable bonds is 7. The van der Waals surface area contributed by atoms with Crippen molar-refractivity contribution in [2.24, 2.45) is 11.1 Å². The van der Waals surface area contributed by atoms with E-state index in [0.717, 1.165) is 84.8 Å². The summed E-state index contributed by atoms with van der Waals surface area (Å²) in [6.45, 7) is 1.82. The number of piperidine rings is 1. The molecule has 1 saturated carbocycles. The van der Waals surface area contributed by atoms with Gasteiger partial charge in [-0.15, -0.1) is 0 Å². The van der Waals surface area contributed by atoms with Gasteiger partial charge in [0, 0.05) is 50.9 Å². The summed E-state index contributed by atoms with van der Waals surface area (Å²) in [7, 11) is 3.54. The second kappa shape index (κ2) is 12.9. The Kier molecular flexibility index (Phi) is 8.41. The second-order valence-corrected chi connectivity index (χ2v) is 15.1. The van der Waals surface area contributed by atoms with Crippen molar-refractivity contribution in [3.63, 3.8) is 0 Å². The van der Waals surface area contributed by atoms with Crippen LogP contribution in [0, 0.1) is 5.41 Å². The van der Waals surface area contributed by atoms with Crippen LogP contribution >= 0.6 is 23.4 Å². The summed E-state index contributed by atoms with van der Waals surface area (Å²) in [5, 5.41) is 5.11. The van der Waals surface area contributed by atoms with Gasteiger partial charge in [-0.1, -0.05) is 60.5 Å². The molecule has 0 unspecified atom stereocenters. The van der Waals surface area contributed by atoms with Crippen LogP contribution < -0.4 is 16.0 Å². The van der Waals surface area contributed by atoms with Crippen LogP contribution in [-0.4, -0.2) is 67.5 Å². The lowest BCUT2D eigenvalue weighted by molar-refractivity contribution is 0.0815. The zero-order chi connectivity index (χ0) is 33.7. The average molecular weight is 695 g/mol. The number of fused-ring (bicyclic) bond motifs is 2. The number of pyridine rings is 1. The van der Waals surface area contributed by atoms with Gasteiger partial charge in [0.25, 0.3) is 5.91 Å². The first-order valence-corrected chi connectivity index (χ1v) is 18.1. The smallest absolute Gasteiger partial charge is 0.270 e. The minimum absolute atomic E-state index is 0.0409. The van der Waals surface area contributed by atoms with E-state index < -0.39 is 0 Å². The molecule has 3 N–H and O–H groups in total. The molecule has 5 aromatic rings. The van der Waals surface area contributed by atoms with Crippen molar-refractivity contribution in [3.05, 3.63) is 83.0 Å². The fourth-order valence-electron chi connectivity index (χ4n) is 7.80. The Morgan fingerprint density at radius 3 is 2.53 bits per heavy atom. The molecule has 11 nitrogen and oxygen atoms in total. The fourth-order valence-corrected chi connectivity index (χ4v) is 8.77. The SMILES string of the molecule is CN(C)C(=O)c1cc2cnc(Nc3ccc(Sc4cnc(N5CCC6(CC5)Cc5ccccc5[C@H]6N)cn4)c(Cl)n3)nc2n1C1CCCC1. The number of nitrogens with zero attached hydrogens (tertiary/aromatic N) is 8. The van der Waals surface area contributed by atoms with Gasteiger partial charge in [0.05, 0.1) is 17.3 Å². The van der Waals surface area contributed by atoms with Crippen molar-refractivity contribution in [1.29, 1.82) is 0 Å². The maximum atomic E-state index is 13.0. The number of hydrogen-bond donors (Lipinski definition) is 2. The first-order chi connectivity index (χ1) is 23.8. The van der Waals surface area contributed by atoms with Crippen molar-refractivity contribution >= 4 is 57.9 Å². The highest BCUT2D eigenvalue weighted by Crippen LogP contribution is 2.51.